The second kappa shape index (κ2) is 5.51. The minimum atomic E-state index is -0.344. The van der Waals surface area contributed by atoms with Crippen LogP contribution in [0.25, 0.3) is 0 Å². The number of nitrogens with zero attached hydrogens (tertiary/aromatic N) is 1. The van der Waals surface area contributed by atoms with Crippen molar-refractivity contribution in [3.05, 3.63) is 0 Å². The third-order valence-electron chi connectivity index (χ3n) is 4.68. The van der Waals surface area contributed by atoms with Crippen LogP contribution in [0.5, 0.6) is 0 Å². The highest BCUT2D eigenvalue weighted by molar-refractivity contribution is 5.97. The fraction of sp³-hybridized carbons (Fsp3) is 0.867. The first-order chi connectivity index (χ1) is 8.97. The molecule has 108 valence electrons. The number of carbonyl (C=O) groups excluding carboxylic acids is 2. The van der Waals surface area contributed by atoms with Gasteiger partial charge in [-0.1, -0.05) is 34.1 Å². The maximum absolute atomic E-state index is 12.7. The van der Waals surface area contributed by atoms with E-state index in [4.69, 9.17) is 0 Å². The molecule has 0 aromatic carbocycles. The molecule has 4 unspecified atom stereocenters. The van der Waals surface area contributed by atoms with Crippen LogP contribution < -0.4 is 5.32 Å². The minimum Gasteiger partial charge on any atom is -0.342 e. The summed E-state index contributed by atoms with van der Waals surface area (Å²) in [5.41, 5.74) is 0. The number of piperazine rings is 1. The number of carbonyl (C=O) groups is 2. The Morgan fingerprint density at radius 2 is 2.00 bits per heavy atom. The van der Waals surface area contributed by atoms with Crippen LogP contribution in [0.2, 0.25) is 0 Å². The summed E-state index contributed by atoms with van der Waals surface area (Å²) >= 11 is 0. The molecule has 4 nitrogen and oxygen atoms in total. The Bertz CT molecular complexity index is 367. The molecule has 2 rings (SSSR count). The third-order valence-corrected chi connectivity index (χ3v) is 4.68. The lowest BCUT2D eigenvalue weighted by Gasteiger charge is -2.44. The highest BCUT2D eigenvalue weighted by Gasteiger charge is 2.45. The molecule has 0 spiro atoms. The standard InChI is InChI=1S/C15H26N2O2/c1-5-11-14(18)16-13(9(2)3)15(19)17(11)12-8-6-7-10(12)4/h9-13H,5-8H2,1-4H3,(H,16,18). The van der Waals surface area contributed by atoms with Gasteiger partial charge in [-0.15, -0.1) is 0 Å². The number of rotatable bonds is 3. The summed E-state index contributed by atoms with van der Waals surface area (Å²) < 4.78 is 0. The van der Waals surface area contributed by atoms with Gasteiger partial charge in [0.05, 0.1) is 0 Å². The molecule has 1 heterocycles. The predicted molar refractivity (Wildman–Crippen MR) is 74.5 cm³/mol. The molecule has 1 aliphatic heterocycles. The molecule has 2 amide bonds. The summed E-state index contributed by atoms with van der Waals surface area (Å²) in [6.07, 6.45) is 4.08. The van der Waals surface area contributed by atoms with E-state index in [1.165, 1.54) is 12.8 Å². The molecule has 19 heavy (non-hydrogen) atoms. The molecule has 0 radical (unpaired) electrons. The van der Waals surface area contributed by atoms with Crippen molar-refractivity contribution in [2.45, 2.75) is 71.5 Å². The van der Waals surface area contributed by atoms with Crippen molar-refractivity contribution >= 4 is 11.8 Å². The summed E-state index contributed by atoms with van der Waals surface area (Å²) in [6, 6.07) is -0.360. The monoisotopic (exact) mass is 266 g/mol. The lowest BCUT2D eigenvalue weighted by atomic mass is 9.93. The fourth-order valence-electron chi connectivity index (χ4n) is 3.52. The third kappa shape index (κ3) is 2.49. The molecule has 4 heteroatoms. The summed E-state index contributed by atoms with van der Waals surface area (Å²) in [5, 5.41) is 2.90. The Hall–Kier alpha value is -1.06. The first kappa shape index (κ1) is 14.4. The molecule has 1 N–H and O–H groups in total. The number of hydrogen-bond donors (Lipinski definition) is 1. The lowest BCUT2D eigenvalue weighted by molar-refractivity contribution is -0.154. The maximum atomic E-state index is 12.7. The highest BCUT2D eigenvalue weighted by Crippen LogP contribution is 2.33. The molecule has 4 atom stereocenters. The van der Waals surface area contributed by atoms with Crippen molar-refractivity contribution in [2.24, 2.45) is 11.8 Å². The van der Waals surface area contributed by atoms with Gasteiger partial charge >= 0.3 is 0 Å². The Labute approximate surface area is 115 Å². The molecule has 1 aliphatic carbocycles. The molecule has 0 aromatic heterocycles. The molecule has 0 aromatic rings. The van der Waals surface area contributed by atoms with E-state index in [0.29, 0.717) is 12.3 Å². The largest absolute Gasteiger partial charge is 0.342 e. The zero-order chi connectivity index (χ0) is 14.2. The van der Waals surface area contributed by atoms with Crippen molar-refractivity contribution < 1.29 is 9.59 Å². The zero-order valence-corrected chi connectivity index (χ0v) is 12.5. The van der Waals surface area contributed by atoms with Crippen LogP contribution in [-0.4, -0.2) is 34.8 Å². The number of hydrogen-bond acceptors (Lipinski definition) is 2. The van der Waals surface area contributed by atoms with E-state index in [0.717, 1.165) is 6.42 Å². The summed E-state index contributed by atoms with van der Waals surface area (Å²) in [4.78, 5) is 26.9. The molecule has 1 saturated heterocycles. The number of amides is 2. The van der Waals surface area contributed by atoms with Crippen LogP contribution in [0.1, 0.15) is 53.4 Å². The van der Waals surface area contributed by atoms with Gasteiger partial charge in [-0.05, 0) is 31.1 Å². The van der Waals surface area contributed by atoms with E-state index in [9.17, 15) is 9.59 Å². The van der Waals surface area contributed by atoms with Crippen molar-refractivity contribution in [3.8, 4) is 0 Å². The second-order valence-electron chi connectivity index (χ2n) is 6.38. The zero-order valence-electron chi connectivity index (χ0n) is 12.5. The average Bonchev–Trinajstić information content (AvgIpc) is 2.76. The topological polar surface area (TPSA) is 49.4 Å². The number of nitrogens with one attached hydrogen (secondary N) is 1. The van der Waals surface area contributed by atoms with Crippen molar-refractivity contribution in [3.63, 3.8) is 0 Å². The Kier molecular flexibility index (Phi) is 4.16. The van der Waals surface area contributed by atoms with Crippen LogP contribution in [0.3, 0.4) is 0 Å². The molecular weight excluding hydrogens is 240 g/mol. The first-order valence-electron chi connectivity index (χ1n) is 7.59. The molecule has 2 aliphatic rings. The second-order valence-corrected chi connectivity index (χ2v) is 6.38. The first-order valence-corrected chi connectivity index (χ1v) is 7.59. The van der Waals surface area contributed by atoms with E-state index in [1.807, 2.05) is 25.7 Å². The molecule has 1 saturated carbocycles. The van der Waals surface area contributed by atoms with Crippen molar-refractivity contribution in [2.75, 3.05) is 0 Å². The predicted octanol–water partition coefficient (Wildman–Crippen LogP) is 1.94. The highest BCUT2D eigenvalue weighted by atomic mass is 16.2. The molecule has 0 bridgehead atoms. The van der Waals surface area contributed by atoms with E-state index in [-0.39, 0.29) is 35.9 Å². The van der Waals surface area contributed by atoms with Gasteiger partial charge in [-0.2, -0.15) is 0 Å². The van der Waals surface area contributed by atoms with Gasteiger partial charge in [0.15, 0.2) is 0 Å². The van der Waals surface area contributed by atoms with E-state index in [1.54, 1.807) is 0 Å². The lowest BCUT2D eigenvalue weighted by Crippen LogP contribution is -2.67. The van der Waals surface area contributed by atoms with Gasteiger partial charge in [0.25, 0.3) is 0 Å². The average molecular weight is 266 g/mol. The smallest absolute Gasteiger partial charge is 0.246 e. The van der Waals surface area contributed by atoms with Gasteiger partial charge in [0.2, 0.25) is 11.8 Å². The van der Waals surface area contributed by atoms with Gasteiger partial charge < -0.3 is 10.2 Å². The van der Waals surface area contributed by atoms with Gasteiger partial charge in [0, 0.05) is 6.04 Å². The fourth-order valence-corrected chi connectivity index (χ4v) is 3.52. The Balaban J connectivity index is 2.28. The normalized spacial score (nSPS) is 35.9. The minimum absolute atomic E-state index is 0.0277. The maximum Gasteiger partial charge on any atom is 0.246 e. The van der Waals surface area contributed by atoms with E-state index in [2.05, 4.69) is 12.2 Å². The van der Waals surface area contributed by atoms with Gasteiger partial charge in [0.1, 0.15) is 12.1 Å². The van der Waals surface area contributed by atoms with Gasteiger partial charge in [-0.3, -0.25) is 9.59 Å². The van der Waals surface area contributed by atoms with E-state index < -0.39 is 0 Å². The van der Waals surface area contributed by atoms with Gasteiger partial charge in [-0.25, -0.2) is 0 Å². The molecule has 2 fully saturated rings. The summed E-state index contributed by atoms with van der Waals surface area (Å²) in [5.74, 6) is 0.810. The van der Waals surface area contributed by atoms with E-state index >= 15 is 0 Å². The van der Waals surface area contributed by atoms with Crippen LogP contribution in [-0.2, 0) is 9.59 Å². The molecular formula is C15H26N2O2. The Morgan fingerprint density at radius 1 is 1.32 bits per heavy atom. The quantitative estimate of drug-likeness (QED) is 0.848. The van der Waals surface area contributed by atoms with Crippen molar-refractivity contribution in [1.82, 2.24) is 10.2 Å². The Morgan fingerprint density at radius 3 is 2.47 bits per heavy atom. The van der Waals surface area contributed by atoms with Crippen LogP contribution >= 0.6 is 0 Å². The summed E-state index contributed by atoms with van der Waals surface area (Å²) in [6.45, 7) is 8.17. The SMILES string of the molecule is CCC1C(=O)NC(C(C)C)C(=O)N1C1CCCC1C. The van der Waals surface area contributed by atoms with Crippen LogP contribution in [0.15, 0.2) is 0 Å². The van der Waals surface area contributed by atoms with Crippen molar-refractivity contribution in [1.29, 1.82) is 0 Å². The summed E-state index contributed by atoms with van der Waals surface area (Å²) in [7, 11) is 0. The van der Waals surface area contributed by atoms with Crippen LogP contribution in [0, 0.1) is 11.8 Å². The van der Waals surface area contributed by atoms with Crippen LogP contribution in [0.4, 0.5) is 0 Å².